The van der Waals surface area contributed by atoms with Crippen molar-refractivity contribution in [3.8, 4) is 0 Å². The van der Waals surface area contributed by atoms with Gasteiger partial charge in [0.1, 0.15) is 6.10 Å². The minimum atomic E-state index is -0.732. The van der Waals surface area contributed by atoms with E-state index in [-0.39, 0.29) is 0 Å². The minimum absolute atomic E-state index is 0.618. The zero-order valence-corrected chi connectivity index (χ0v) is 8.84. The lowest BCUT2D eigenvalue weighted by molar-refractivity contribution is 0.0115. The van der Waals surface area contributed by atoms with Gasteiger partial charge >= 0.3 is 0 Å². The number of benzene rings is 1. The molecule has 0 radical (unpaired) electrons. The molecule has 2 unspecified atom stereocenters. The molecule has 1 fully saturated rings. The monoisotopic (exact) mass is 206 g/mol. The van der Waals surface area contributed by atoms with Crippen molar-refractivity contribution >= 4 is 0 Å². The zero-order valence-electron chi connectivity index (χ0n) is 8.84. The van der Waals surface area contributed by atoms with Gasteiger partial charge in [-0.15, -0.1) is 0 Å². The van der Waals surface area contributed by atoms with E-state index in [1.165, 1.54) is 12.8 Å². The van der Waals surface area contributed by atoms with Crippen molar-refractivity contribution in [2.45, 2.75) is 37.9 Å². The van der Waals surface area contributed by atoms with Gasteiger partial charge in [0.25, 0.3) is 0 Å². The van der Waals surface area contributed by atoms with Crippen LogP contribution in [-0.4, -0.2) is 16.3 Å². The van der Waals surface area contributed by atoms with Crippen molar-refractivity contribution in [2.24, 2.45) is 5.92 Å². The smallest absolute Gasteiger partial charge is 0.105 e. The molecule has 82 valence electrons. The lowest BCUT2D eigenvalue weighted by Gasteiger charge is -2.17. The van der Waals surface area contributed by atoms with Gasteiger partial charge in [0.2, 0.25) is 0 Å². The van der Waals surface area contributed by atoms with Crippen molar-refractivity contribution in [1.82, 2.24) is 0 Å². The standard InChI is InChI=1S/C13H18O2/c14-12(9-8-10-6-7-10)13(15)11-4-2-1-3-5-11/h1-5,10,12-15H,6-9H2. The van der Waals surface area contributed by atoms with Gasteiger partial charge in [-0.3, -0.25) is 0 Å². The summed E-state index contributed by atoms with van der Waals surface area (Å²) in [4.78, 5) is 0. The molecule has 1 aromatic rings. The number of aliphatic hydroxyl groups is 2. The van der Waals surface area contributed by atoms with E-state index in [0.29, 0.717) is 6.42 Å². The molecule has 2 atom stereocenters. The van der Waals surface area contributed by atoms with Crippen LogP contribution < -0.4 is 0 Å². The maximum absolute atomic E-state index is 9.87. The van der Waals surface area contributed by atoms with Crippen LogP contribution in [0.3, 0.4) is 0 Å². The van der Waals surface area contributed by atoms with Gasteiger partial charge < -0.3 is 10.2 Å². The molecular formula is C13H18O2. The Morgan fingerprint density at radius 3 is 2.40 bits per heavy atom. The van der Waals surface area contributed by atoms with E-state index in [0.717, 1.165) is 17.9 Å². The van der Waals surface area contributed by atoms with Gasteiger partial charge in [0.15, 0.2) is 0 Å². The topological polar surface area (TPSA) is 40.5 Å². The van der Waals surface area contributed by atoms with E-state index >= 15 is 0 Å². The molecule has 0 bridgehead atoms. The van der Waals surface area contributed by atoms with E-state index in [9.17, 15) is 10.2 Å². The Hall–Kier alpha value is -0.860. The molecule has 1 aliphatic carbocycles. The number of hydrogen-bond acceptors (Lipinski definition) is 2. The minimum Gasteiger partial charge on any atom is -0.390 e. The van der Waals surface area contributed by atoms with Crippen molar-refractivity contribution in [2.75, 3.05) is 0 Å². The predicted molar refractivity (Wildman–Crippen MR) is 59.4 cm³/mol. The van der Waals surface area contributed by atoms with E-state index in [1.54, 1.807) is 0 Å². The van der Waals surface area contributed by atoms with Crippen LogP contribution in [0.1, 0.15) is 37.4 Å². The van der Waals surface area contributed by atoms with Crippen molar-refractivity contribution in [3.63, 3.8) is 0 Å². The predicted octanol–water partition coefficient (Wildman–Crippen LogP) is 2.27. The highest BCUT2D eigenvalue weighted by molar-refractivity contribution is 5.18. The van der Waals surface area contributed by atoms with Crippen molar-refractivity contribution in [3.05, 3.63) is 35.9 Å². The third-order valence-corrected chi connectivity index (χ3v) is 3.07. The summed E-state index contributed by atoms with van der Waals surface area (Å²) in [6, 6.07) is 9.38. The van der Waals surface area contributed by atoms with Gasteiger partial charge in [-0.1, -0.05) is 43.2 Å². The summed E-state index contributed by atoms with van der Waals surface area (Å²) in [5.41, 5.74) is 0.806. The molecule has 0 saturated heterocycles. The summed E-state index contributed by atoms with van der Waals surface area (Å²) in [5.74, 6) is 0.808. The van der Waals surface area contributed by atoms with Crippen molar-refractivity contribution in [1.29, 1.82) is 0 Å². The third-order valence-electron chi connectivity index (χ3n) is 3.07. The maximum atomic E-state index is 9.87. The number of aliphatic hydroxyl groups excluding tert-OH is 2. The quantitative estimate of drug-likeness (QED) is 0.776. The third kappa shape index (κ3) is 3.05. The first-order valence-corrected chi connectivity index (χ1v) is 5.68. The highest BCUT2D eigenvalue weighted by Crippen LogP contribution is 2.35. The van der Waals surface area contributed by atoms with E-state index in [2.05, 4.69) is 0 Å². The van der Waals surface area contributed by atoms with Gasteiger partial charge in [-0.2, -0.15) is 0 Å². The van der Waals surface area contributed by atoms with Crippen LogP contribution in [0, 0.1) is 5.92 Å². The molecule has 0 spiro atoms. The molecule has 2 heteroatoms. The van der Waals surface area contributed by atoms with E-state index in [4.69, 9.17) is 0 Å². The van der Waals surface area contributed by atoms with Crippen molar-refractivity contribution < 1.29 is 10.2 Å². The number of hydrogen-bond donors (Lipinski definition) is 2. The molecule has 2 rings (SSSR count). The van der Waals surface area contributed by atoms with Crippen LogP contribution in [-0.2, 0) is 0 Å². The Morgan fingerprint density at radius 2 is 1.80 bits per heavy atom. The molecular weight excluding hydrogens is 188 g/mol. The molecule has 2 N–H and O–H groups in total. The lowest BCUT2D eigenvalue weighted by atomic mass is 10.00. The SMILES string of the molecule is OC(CCC1CC1)C(O)c1ccccc1. The second kappa shape index (κ2) is 4.77. The van der Waals surface area contributed by atoms with E-state index in [1.807, 2.05) is 30.3 Å². The maximum Gasteiger partial charge on any atom is 0.105 e. The summed E-state index contributed by atoms with van der Waals surface area (Å²) in [6.45, 7) is 0. The Labute approximate surface area is 90.6 Å². The first-order valence-electron chi connectivity index (χ1n) is 5.68. The van der Waals surface area contributed by atoms with Crippen LogP contribution in [0.4, 0.5) is 0 Å². The second-order valence-corrected chi connectivity index (χ2v) is 4.44. The highest BCUT2D eigenvalue weighted by atomic mass is 16.3. The fourth-order valence-corrected chi connectivity index (χ4v) is 1.84. The van der Waals surface area contributed by atoms with Gasteiger partial charge in [0, 0.05) is 0 Å². The molecule has 1 aliphatic rings. The highest BCUT2D eigenvalue weighted by Gasteiger charge is 2.24. The Morgan fingerprint density at radius 1 is 1.13 bits per heavy atom. The average Bonchev–Trinajstić information content (AvgIpc) is 3.10. The van der Waals surface area contributed by atoms with Gasteiger partial charge in [-0.25, -0.2) is 0 Å². The first-order chi connectivity index (χ1) is 7.27. The summed E-state index contributed by atoms with van der Waals surface area (Å²) in [5, 5.41) is 19.7. The van der Waals surface area contributed by atoms with Crippen LogP contribution in [0.5, 0.6) is 0 Å². The Kier molecular flexibility index (Phi) is 3.39. The fraction of sp³-hybridized carbons (Fsp3) is 0.538. The molecule has 2 nitrogen and oxygen atoms in total. The summed E-state index contributed by atoms with van der Waals surface area (Å²) in [7, 11) is 0. The summed E-state index contributed by atoms with van der Waals surface area (Å²) >= 11 is 0. The van der Waals surface area contributed by atoms with Gasteiger partial charge in [0.05, 0.1) is 6.10 Å². The summed E-state index contributed by atoms with van der Waals surface area (Å²) < 4.78 is 0. The molecule has 15 heavy (non-hydrogen) atoms. The van der Waals surface area contributed by atoms with E-state index < -0.39 is 12.2 Å². The fourth-order valence-electron chi connectivity index (χ4n) is 1.84. The normalized spacial score (nSPS) is 19.9. The van der Waals surface area contributed by atoms with Crippen LogP contribution in [0.15, 0.2) is 30.3 Å². The van der Waals surface area contributed by atoms with Crippen LogP contribution in [0.25, 0.3) is 0 Å². The van der Waals surface area contributed by atoms with Gasteiger partial charge in [-0.05, 0) is 24.3 Å². The summed E-state index contributed by atoms with van der Waals surface area (Å²) in [6.07, 6.45) is 3.01. The second-order valence-electron chi connectivity index (χ2n) is 4.44. The molecule has 1 saturated carbocycles. The Bertz CT molecular complexity index is 293. The number of rotatable bonds is 5. The zero-order chi connectivity index (χ0) is 10.7. The molecule has 0 amide bonds. The van der Waals surface area contributed by atoms with Crippen LogP contribution in [0.2, 0.25) is 0 Å². The molecule has 0 heterocycles. The average molecular weight is 206 g/mol. The largest absolute Gasteiger partial charge is 0.390 e. The lowest BCUT2D eigenvalue weighted by Crippen LogP contribution is -2.18. The first kappa shape index (κ1) is 10.7. The molecule has 1 aromatic carbocycles. The Balaban J connectivity index is 1.85. The van der Waals surface area contributed by atoms with Crippen LogP contribution >= 0.6 is 0 Å². The molecule has 0 aliphatic heterocycles. The molecule has 0 aromatic heterocycles.